The first-order valence-electron chi connectivity index (χ1n) is 26.6. The summed E-state index contributed by atoms with van der Waals surface area (Å²) >= 11 is 0. The van der Waals surface area contributed by atoms with E-state index < -0.39 is 0 Å². The van der Waals surface area contributed by atoms with Gasteiger partial charge in [-0.15, -0.1) is 0 Å². The third-order valence-corrected chi connectivity index (χ3v) is 16.4. The Morgan fingerprint density at radius 1 is 0.182 bits per heavy atom. The molecule has 0 fully saturated rings. The van der Waals surface area contributed by atoms with Crippen LogP contribution in [0.4, 0.5) is 0 Å². The van der Waals surface area contributed by atoms with E-state index in [2.05, 4.69) is 273 Å². The molecule has 16 aromatic rings. The van der Waals surface area contributed by atoms with Gasteiger partial charge in [-0.2, -0.15) is 0 Å². The molecule has 1 nitrogen and oxygen atoms in total. The molecule has 1 aromatic heterocycles. The molecule has 15 aromatic carbocycles. The molecule has 0 atom stereocenters. The van der Waals surface area contributed by atoms with Gasteiger partial charge < -0.3 is 4.42 Å². The topological polar surface area (TPSA) is 13.1 Å². The fourth-order valence-electron chi connectivity index (χ4n) is 12.9. The lowest BCUT2D eigenvalue weighted by atomic mass is 9.84. The van der Waals surface area contributed by atoms with E-state index in [0.717, 1.165) is 21.9 Å². The fraction of sp³-hybridized carbons (Fsp3) is 0. The van der Waals surface area contributed by atoms with E-state index in [1.54, 1.807) is 0 Å². The molecule has 77 heavy (non-hydrogen) atoms. The first-order chi connectivity index (χ1) is 38.2. The summed E-state index contributed by atoms with van der Waals surface area (Å²) in [4.78, 5) is 0. The van der Waals surface area contributed by atoms with Crippen LogP contribution >= 0.6 is 0 Å². The predicted octanol–water partition coefficient (Wildman–Crippen LogP) is 21.7. The smallest absolute Gasteiger partial charge is 0.136 e. The molecule has 0 saturated heterocycles. The minimum atomic E-state index is 0.905. The van der Waals surface area contributed by atoms with Gasteiger partial charge >= 0.3 is 0 Å². The Morgan fingerprint density at radius 3 is 1.09 bits per heavy atom. The minimum Gasteiger partial charge on any atom is -0.456 e. The number of rotatable bonds is 6. The van der Waals surface area contributed by atoms with Crippen LogP contribution in [0.15, 0.2) is 283 Å². The van der Waals surface area contributed by atoms with Crippen molar-refractivity contribution in [3.8, 4) is 66.8 Å². The van der Waals surface area contributed by atoms with Crippen molar-refractivity contribution < 1.29 is 4.42 Å². The van der Waals surface area contributed by atoms with Crippen LogP contribution in [0.2, 0.25) is 0 Å². The van der Waals surface area contributed by atoms with Gasteiger partial charge in [-0.25, -0.2) is 0 Å². The van der Waals surface area contributed by atoms with Crippen molar-refractivity contribution in [3.63, 3.8) is 0 Å². The Labute approximate surface area is 445 Å². The lowest BCUT2D eigenvalue weighted by Gasteiger charge is -2.19. The number of hydrogen-bond acceptors (Lipinski definition) is 1. The van der Waals surface area contributed by atoms with Crippen molar-refractivity contribution in [1.82, 2.24) is 0 Å². The van der Waals surface area contributed by atoms with Gasteiger partial charge in [0.05, 0.1) is 0 Å². The summed E-state index contributed by atoms with van der Waals surface area (Å²) in [5.74, 6) is 0. The van der Waals surface area contributed by atoms with Crippen LogP contribution in [-0.2, 0) is 0 Å². The quantitative estimate of drug-likeness (QED) is 0.151. The van der Waals surface area contributed by atoms with Crippen molar-refractivity contribution in [2.75, 3.05) is 0 Å². The van der Waals surface area contributed by atoms with E-state index in [-0.39, 0.29) is 0 Å². The molecule has 1 heterocycles. The highest BCUT2D eigenvalue weighted by Gasteiger charge is 2.22. The van der Waals surface area contributed by atoms with Crippen LogP contribution in [0.25, 0.3) is 164 Å². The fourth-order valence-corrected chi connectivity index (χ4v) is 12.9. The van der Waals surface area contributed by atoms with Crippen molar-refractivity contribution >= 4 is 97.3 Å². The monoisotopic (exact) mass is 974 g/mol. The third-order valence-electron chi connectivity index (χ3n) is 16.4. The second-order valence-corrected chi connectivity index (χ2v) is 20.6. The predicted molar refractivity (Wildman–Crippen MR) is 329 cm³/mol. The molecule has 0 amide bonds. The molecule has 0 aliphatic heterocycles. The average molecular weight is 975 g/mol. The van der Waals surface area contributed by atoms with Crippen LogP contribution in [0.3, 0.4) is 0 Å². The Hall–Kier alpha value is -10.1. The van der Waals surface area contributed by atoms with Crippen LogP contribution in [-0.4, -0.2) is 0 Å². The maximum Gasteiger partial charge on any atom is 0.136 e. The summed E-state index contributed by atoms with van der Waals surface area (Å²) in [6.45, 7) is 0. The van der Waals surface area contributed by atoms with E-state index >= 15 is 0 Å². The Balaban J connectivity index is 0.766. The van der Waals surface area contributed by atoms with E-state index in [1.807, 2.05) is 6.07 Å². The summed E-state index contributed by atoms with van der Waals surface area (Å²) in [6.07, 6.45) is 0. The highest BCUT2D eigenvalue weighted by molar-refractivity contribution is 6.27. The molecule has 0 aliphatic carbocycles. The summed E-state index contributed by atoms with van der Waals surface area (Å²) in [5, 5.41) is 19.6. The van der Waals surface area contributed by atoms with Gasteiger partial charge in [-0.3, -0.25) is 0 Å². The molecular formula is C76H46O. The summed E-state index contributed by atoms with van der Waals surface area (Å²) < 4.78 is 6.41. The van der Waals surface area contributed by atoms with E-state index in [1.165, 1.54) is 142 Å². The summed E-state index contributed by atoms with van der Waals surface area (Å²) in [7, 11) is 0. The van der Waals surface area contributed by atoms with Gasteiger partial charge in [0.1, 0.15) is 11.2 Å². The number of para-hydroxylation sites is 1. The molecule has 356 valence electrons. The molecule has 0 saturated carbocycles. The van der Waals surface area contributed by atoms with E-state index in [9.17, 15) is 0 Å². The summed E-state index contributed by atoms with van der Waals surface area (Å²) in [5.41, 5.74) is 16.5. The molecule has 1 heteroatoms. The van der Waals surface area contributed by atoms with Crippen molar-refractivity contribution in [1.29, 1.82) is 0 Å². The first-order valence-corrected chi connectivity index (χ1v) is 26.6. The molecule has 0 radical (unpaired) electrons. The zero-order valence-corrected chi connectivity index (χ0v) is 42.0. The number of benzene rings is 15. The molecule has 0 bridgehead atoms. The lowest BCUT2D eigenvalue weighted by molar-refractivity contribution is 0.669. The first kappa shape index (κ1) is 43.3. The zero-order chi connectivity index (χ0) is 50.6. The molecular weight excluding hydrogens is 929 g/mol. The molecule has 0 N–H and O–H groups in total. The highest BCUT2D eigenvalue weighted by atomic mass is 16.3. The average Bonchev–Trinajstić information content (AvgIpc) is 3.93. The van der Waals surface area contributed by atoms with Gasteiger partial charge in [-0.05, 0) is 179 Å². The van der Waals surface area contributed by atoms with Crippen LogP contribution in [0.1, 0.15) is 0 Å². The third kappa shape index (κ3) is 6.88. The van der Waals surface area contributed by atoms with Gasteiger partial charge in [0.15, 0.2) is 0 Å². The largest absolute Gasteiger partial charge is 0.456 e. The second-order valence-electron chi connectivity index (χ2n) is 20.6. The standard InChI is InChI=1S/C76H46O/c1-2-17-58-50(15-1)16-13-27-59(58)74-64-22-7-3-18-60(64)72(61-19-4-8-23-65(61)74)51-37-31-47(32-38-51)52-39-33-48-34-40-53(44-56(48)43-52)54-41-35-49-36-42-55(46-57(49)45-54)73-62-20-5-9-24-66(62)75(67-25-10-6-21-63(67)73)69-28-14-30-71-76(69)68-26-11-12-29-70(68)77-71/h1-46H. The Kier molecular flexibility index (Phi) is 9.71. The number of hydrogen-bond donors (Lipinski definition) is 0. The molecule has 0 aliphatic rings. The van der Waals surface area contributed by atoms with Crippen molar-refractivity contribution in [2.24, 2.45) is 0 Å². The van der Waals surface area contributed by atoms with Gasteiger partial charge in [0, 0.05) is 10.8 Å². The maximum absolute atomic E-state index is 6.41. The van der Waals surface area contributed by atoms with Crippen LogP contribution in [0, 0.1) is 0 Å². The van der Waals surface area contributed by atoms with E-state index in [0.29, 0.717) is 0 Å². The van der Waals surface area contributed by atoms with Gasteiger partial charge in [0.2, 0.25) is 0 Å². The summed E-state index contributed by atoms with van der Waals surface area (Å²) in [6, 6.07) is 103. The van der Waals surface area contributed by atoms with Gasteiger partial charge in [-0.1, -0.05) is 243 Å². The highest BCUT2D eigenvalue weighted by Crippen LogP contribution is 2.49. The second kappa shape index (κ2) is 17.2. The normalized spacial score (nSPS) is 11.9. The SMILES string of the molecule is c1ccc2c(-c3c4ccccc4c(-c4ccc(-c5ccc6ccc(-c7ccc8ccc(-c9c%10ccccc%10c(-c%10cccc%11oc%12ccccc%12c%10%11)c%10ccccc9%10)cc8c7)cc6c5)cc4)c4ccccc34)cccc2c1. The molecule has 16 rings (SSSR count). The lowest BCUT2D eigenvalue weighted by Crippen LogP contribution is -1.91. The van der Waals surface area contributed by atoms with Crippen LogP contribution < -0.4 is 0 Å². The van der Waals surface area contributed by atoms with Gasteiger partial charge in [0.25, 0.3) is 0 Å². The van der Waals surface area contributed by atoms with E-state index in [4.69, 9.17) is 4.42 Å². The van der Waals surface area contributed by atoms with Crippen LogP contribution in [0.5, 0.6) is 0 Å². The van der Waals surface area contributed by atoms with Crippen molar-refractivity contribution in [3.05, 3.63) is 279 Å². The molecule has 0 spiro atoms. The maximum atomic E-state index is 6.41. The molecule has 0 unspecified atom stereocenters. The minimum absolute atomic E-state index is 0.905. The number of fused-ring (bicyclic) bond motifs is 10. The Bertz CT molecular complexity index is 4970. The zero-order valence-electron chi connectivity index (χ0n) is 42.0. The number of furan rings is 1. The Morgan fingerprint density at radius 2 is 0.532 bits per heavy atom. The van der Waals surface area contributed by atoms with Crippen molar-refractivity contribution in [2.45, 2.75) is 0 Å².